The van der Waals surface area contributed by atoms with Gasteiger partial charge in [-0.3, -0.25) is 9.59 Å². The summed E-state index contributed by atoms with van der Waals surface area (Å²) in [4.78, 5) is 25.6. The van der Waals surface area contributed by atoms with Crippen LogP contribution in [0.5, 0.6) is 0 Å². The van der Waals surface area contributed by atoms with Crippen LogP contribution in [-0.2, 0) is 9.59 Å². The van der Waals surface area contributed by atoms with Crippen molar-refractivity contribution in [3.8, 4) is 0 Å². The fraction of sp³-hybridized carbons (Fsp3) is 0.857. The number of Topliss-reactive ketones (excluding diaryl/α,β-unsaturated/α-hetero) is 2. The van der Waals surface area contributed by atoms with Crippen molar-refractivity contribution in [3.63, 3.8) is 0 Å². The third-order valence-corrected chi connectivity index (χ3v) is 8.59. The first-order chi connectivity index (χ1) is 11.8. The number of hydrogen-bond donors (Lipinski definition) is 2. The Morgan fingerprint density at radius 2 is 1.96 bits per heavy atom. The molecule has 4 aliphatic carbocycles. The second-order valence-corrected chi connectivity index (χ2v) is 9.62. The lowest BCUT2D eigenvalue weighted by molar-refractivity contribution is -0.158. The zero-order valence-electron chi connectivity index (χ0n) is 15.5. The molecule has 0 aromatic heterocycles. The molecule has 4 saturated carbocycles. The van der Waals surface area contributed by atoms with Crippen molar-refractivity contribution < 1.29 is 19.8 Å². The second kappa shape index (κ2) is 5.88. The molecule has 0 amide bonds. The standard InChI is InChI=1S/C21H31O4/c1-20-8-7-13(23)9-12(20)3-4-14-15-5-6-16(18(25)11-22)21(15,2)10-17(24)19(14)20/h12-15,19,22-23H,3-11H2,1-2H3/t12?,13?,14-,15-,19+,20-,21-/m0/s1. The minimum Gasteiger partial charge on any atom is -0.393 e. The zero-order valence-corrected chi connectivity index (χ0v) is 15.5. The van der Waals surface area contributed by atoms with Gasteiger partial charge >= 0.3 is 0 Å². The Bertz CT molecular complexity index is 586. The molecule has 0 spiro atoms. The quantitative estimate of drug-likeness (QED) is 0.805. The maximum atomic E-state index is 13.3. The van der Waals surface area contributed by atoms with E-state index in [1.54, 1.807) is 0 Å². The fourth-order valence-corrected chi connectivity index (χ4v) is 7.42. The van der Waals surface area contributed by atoms with E-state index in [1.165, 1.54) is 0 Å². The average Bonchev–Trinajstić information content (AvgIpc) is 2.91. The van der Waals surface area contributed by atoms with Gasteiger partial charge in [0.1, 0.15) is 12.4 Å². The molecule has 0 aromatic carbocycles. The van der Waals surface area contributed by atoms with Gasteiger partial charge < -0.3 is 10.2 Å². The van der Waals surface area contributed by atoms with Gasteiger partial charge in [-0.05, 0) is 73.5 Å². The molecule has 0 aliphatic heterocycles. The van der Waals surface area contributed by atoms with Gasteiger partial charge in [0.15, 0.2) is 5.78 Å². The van der Waals surface area contributed by atoms with Gasteiger partial charge in [-0.25, -0.2) is 0 Å². The topological polar surface area (TPSA) is 74.6 Å². The van der Waals surface area contributed by atoms with Crippen LogP contribution >= 0.6 is 0 Å². The van der Waals surface area contributed by atoms with Crippen LogP contribution in [0.4, 0.5) is 0 Å². The number of aliphatic hydroxyl groups excluding tert-OH is 2. The normalized spacial score (nSPS) is 50.1. The predicted octanol–water partition coefficient (Wildman–Crippen LogP) is 2.70. The molecule has 4 fully saturated rings. The summed E-state index contributed by atoms with van der Waals surface area (Å²) >= 11 is 0. The van der Waals surface area contributed by atoms with Crippen LogP contribution in [0.2, 0.25) is 0 Å². The SMILES string of the molecule is C[C@]12CCC(O)CC1CC[C@@H]1[C@@H]2C(=O)C[C@]2(C)[C](C(=O)CO)CC[C@@H]12. The highest BCUT2D eigenvalue weighted by atomic mass is 16.3. The van der Waals surface area contributed by atoms with Gasteiger partial charge in [0.05, 0.1) is 12.0 Å². The molecule has 4 heteroatoms. The summed E-state index contributed by atoms with van der Waals surface area (Å²) in [6.45, 7) is 3.96. The Labute approximate surface area is 150 Å². The Morgan fingerprint density at radius 3 is 2.68 bits per heavy atom. The van der Waals surface area contributed by atoms with Gasteiger partial charge in [-0.2, -0.15) is 0 Å². The third-order valence-electron chi connectivity index (χ3n) is 8.59. The van der Waals surface area contributed by atoms with Crippen LogP contribution in [-0.4, -0.2) is 34.5 Å². The van der Waals surface area contributed by atoms with Crippen molar-refractivity contribution in [1.29, 1.82) is 0 Å². The molecule has 0 heterocycles. The molecule has 139 valence electrons. The lowest BCUT2D eigenvalue weighted by Crippen LogP contribution is -2.57. The Kier molecular flexibility index (Phi) is 4.16. The van der Waals surface area contributed by atoms with Crippen molar-refractivity contribution in [2.24, 2.45) is 34.5 Å². The number of carbonyl (C=O) groups is 2. The third kappa shape index (κ3) is 2.39. The van der Waals surface area contributed by atoms with E-state index in [9.17, 15) is 19.8 Å². The zero-order chi connectivity index (χ0) is 18.0. The lowest BCUT2D eigenvalue weighted by atomic mass is 9.44. The lowest BCUT2D eigenvalue weighted by Gasteiger charge is -2.59. The van der Waals surface area contributed by atoms with Crippen LogP contribution in [0.25, 0.3) is 0 Å². The number of hydrogen-bond acceptors (Lipinski definition) is 4. The number of ketones is 2. The molecular weight excluding hydrogens is 316 g/mol. The summed E-state index contributed by atoms with van der Waals surface area (Å²) in [5, 5.41) is 19.4. The van der Waals surface area contributed by atoms with E-state index in [1.807, 2.05) is 0 Å². The smallest absolute Gasteiger partial charge is 0.165 e. The highest BCUT2D eigenvalue weighted by Gasteiger charge is 2.64. The van der Waals surface area contributed by atoms with Crippen LogP contribution in [0.1, 0.15) is 65.2 Å². The summed E-state index contributed by atoms with van der Waals surface area (Å²) in [6, 6.07) is 0. The van der Waals surface area contributed by atoms with Crippen LogP contribution in [0.3, 0.4) is 0 Å². The maximum absolute atomic E-state index is 13.3. The van der Waals surface area contributed by atoms with E-state index < -0.39 is 6.61 Å². The molecule has 2 N–H and O–H groups in total. The molecule has 0 aromatic rings. The molecular formula is C21H31O4. The van der Waals surface area contributed by atoms with Gasteiger partial charge in [0, 0.05) is 12.3 Å². The molecule has 2 unspecified atom stereocenters. The highest BCUT2D eigenvalue weighted by molar-refractivity contribution is 5.96. The van der Waals surface area contributed by atoms with Crippen molar-refractivity contribution in [1.82, 2.24) is 0 Å². The number of aliphatic hydroxyl groups is 2. The first-order valence-corrected chi connectivity index (χ1v) is 10.0. The van der Waals surface area contributed by atoms with E-state index in [4.69, 9.17) is 0 Å². The average molecular weight is 347 g/mol. The molecule has 4 nitrogen and oxygen atoms in total. The van der Waals surface area contributed by atoms with E-state index >= 15 is 0 Å². The largest absolute Gasteiger partial charge is 0.393 e. The Morgan fingerprint density at radius 1 is 1.20 bits per heavy atom. The molecule has 1 radical (unpaired) electrons. The van der Waals surface area contributed by atoms with Gasteiger partial charge in [-0.1, -0.05) is 13.8 Å². The summed E-state index contributed by atoms with van der Waals surface area (Å²) < 4.78 is 0. The van der Waals surface area contributed by atoms with Gasteiger partial charge in [-0.15, -0.1) is 0 Å². The van der Waals surface area contributed by atoms with Crippen molar-refractivity contribution in [3.05, 3.63) is 5.92 Å². The van der Waals surface area contributed by atoms with E-state index in [2.05, 4.69) is 13.8 Å². The number of fused-ring (bicyclic) bond motifs is 5. The Hall–Kier alpha value is -0.740. The number of carbonyl (C=O) groups excluding carboxylic acids is 2. The predicted molar refractivity (Wildman–Crippen MR) is 93.5 cm³/mol. The van der Waals surface area contributed by atoms with Gasteiger partial charge in [0.25, 0.3) is 0 Å². The van der Waals surface area contributed by atoms with E-state index in [0.717, 1.165) is 50.9 Å². The minimum atomic E-state index is -0.433. The van der Waals surface area contributed by atoms with Crippen LogP contribution in [0, 0.1) is 40.4 Å². The number of rotatable bonds is 2. The molecule has 0 saturated heterocycles. The molecule has 0 bridgehead atoms. The molecule has 4 aliphatic rings. The van der Waals surface area contributed by atoms with Crippen molar-refractivity contribution in [2.45, 2.75) is 71.3 Å². The monoisotopic (exact) mass is 347 g/mol. The first kappa shape index (κ1) is 17.7. The molecule has 25 heavy (non-hydrogen) atoms. The van der Waals surface area contributed by atoms with E-state index in [-0.39, 0.29) is 28.6 Å². The summed E-state index contributed by atoms with van der Waals surface area (Å²) in [5.74, 6) is 2.31. The van der Waals surface area contributed by atoms with E-state index in [0.29, 0.717) is 30.0 Å². The molecule has 7 atom stereocenters. The van der Waals surface area contributed by atoms with Crippen molar-refractivity contribution >= 4 is 11.6 Å². The summed E-state index contributed by atoms with van der Waals surface area (Å²) in [5.41, 5.74) is -0.320. The fourth-order valence-electron chi connectivity index (χ4n) is 7.42. The summed E-state index contributed by atoms with van der Waals surface area (Å²) in [6.07, 6.45) is 6.73. The van der Waals surface area contributed by atoms with Crippen molar-refractivity contribution in [2.75, 3.05) is 6.61 Å². The van der Waals surface area contributed by atoms with Crippen LogP contribution < -0.4 is 0 Å². The Balaban J connectivity index is 1.66. The molecule has 4 rings (SSSR count). The minimum absolute atomic E-state index is 0.0182. The van der Waals surface area contributed by atoms with Gasteiger partial charge in [0.2, 0.25) is 0 Å². The van der Waals surface area contributed by atoms with Crippen LogP contribution in [0.15, 0.2) is 0 Å². The second-order valence-electron chi connectivity index (χ2n) is 9.62. The summed E-state index contributed by atoms with van der Waals surface area (Å²) in [7, 11) is 0. The highest BCUT2D eigenvalue weighted by Crippen LogP contribution is 2.66. The first-order valence-electron chi connectivity index (χ1n) is 10.0. The maximum Gasteiger partial charge on any atom is 0.165 e.